The number of nitrogens with one attached hydrogen (secondary N) is 1. The number of ether oxygens (including phenoxy) is 1. The lowest BCUT2D eigenvalue weighted by Gasteiger charge is -2.13. The Kier molecular flexibility index (Phi) is 6.48. The number of hydrogen-bond acceptors (Lipinski definition) is 2. The van der Waals surface area contributed by atoms with Crippen LogP contribution in [-0.4, -0.2) is 12.5 Å². The van der Waals surface area contributed by atoms with Crippen molar-refractivity contribution in [1.29, 1.82) is 0 Å². The molecule has 1 amide bonds. The Morgan fingerprint density at radius 1 is 1.22 bits per heavy atom. The fraction of sp³-hybridized carbons (Fsp3) is 0.278. The fourth-order valence-corrected chi connectivity index (χ4v) is 2.43. The minimum atomic E-state index is -0.215. The highest BCUT2D eigenvalue weighted by Crippen LogP contribution is 2.25. The molecule has 0 atom stereocenters. The second kappa shape index (κ2) is 8.37. The van der Waals surface area contributed by atoms with Crippen molar-refractivity contribution in [3.63, 3.8) is 0 Å². The molecule has 23 heavy (non-hydrogen) atoms. The molecule has 0 radical (unpaired) electrons. The number of benzene rings is 2. The number of rotatable bonds is 6. The highest BCUT2D eigenvalue weighted by Gasteiger charge is 2.14. The Balaban J connectivity index is 2.14. The van der Waals surface area contributed by atoms with Crippen LogP contribution in [0.2, 0.25) is 5.02 Å². The Morgan fingerprint density at radius 3 is 2.57 bits per heavy atom. The van der Waals surface area contributed by atoms with E-state index in [2.05, 4.69) is 35.1 Å². The van der Waals surface area contributed by atoms with Gasteiger partial charge in [-0.15, -0.1) is 0 Å². The Morgan fingerprint density at radius 2 is 1.91 bits per heavy atom. The van der Waals surface area contributed by atoms with E-state index in [0.29, 0.717) is 34.5 Å². The second-order valence-corrected chi connectivity index (χ2v) is 6.98. The van der Waals surface area contributed by atoms with Crippen LogP contribution >= 0.6 is 27.5 Å². The van der Waals surface area contributed by atoms with Crippen LogP contribution in [0.1, 0.15) is 30.6 Å². The van der Waals surface area contributed by atoms with Gasteiger partial charge in [0.25, 0.3) is 5.91 Å². The van der Waals surface area contributed by atoms with Crippen LogP contribution in [0.15, 0.2) is 46.9 Å². The third kappa shape index (κ3) is 5.56. The molecule has 0 aromatic heterocycles. The van der Waals surface area contributed by atoms with Crippen molar-refractivity contribution in [3.05, 3.63) is 57.5 Å². The van der Waals surface area contributed by atoms with Crippen molar-refractivity contribution >= 4 is 39.1 Å². The molecule has 0 spiro atoms. The van der Waals surface area contributed by atoms with Gasteiger partial charge in [-0.3, -0.25) is 4.79 Å². The molecule has 0 aliphatic carbocycles. The molecule has 0 saturated heterocycles. The maximum atomic E-state index is 12.5. The molecule has 0 heterocycles. The lowest BCUT2D eigenvalue weighted by molar-refractivity contribution is 0.102. The predicted octanol–water partition coefficient (Wildman–Crippen LogP) is 5.78. The fourth-order valence-electron chi connectivity index (χ4n) is 1.94. The quantitative estimate of drug-likeness (QED) is 0.672. The van der Waals surface area contributed by atoms with E-state index in [4.69, 9.17) is 16.3 Å². The van der Waals surface area contributed by atoms with Gasteiger partial charge in [0, 0.05) is 15.2 Å². The van der Waals surface area contributed by atoms with Crippen LogP contribution in [0.5, 0.6) is 5.75 Å². The number of hydrogen-bond donors (Lipinski definition) is 1. The van der Waals surface area contributed by atoms with Crippen LogP contribution in [0, 0.1) is 5.92 Å². The topological polar surface area (TPSA) is 38.3 Å². The van der Waals surface area contributed by atoms with E-state index in [1.807, 2.05) is 6.07 Å². The van der Waals surface area contributed by atoms with Crippen molar-refractivity contribution in [2.75, 3.05) is 11.9 Å². The van der Waals surface area contributed by atoms with E-state index in [0.717, 1.165) is 10.9 Å². The molecule has 2 aromatic rings. The van der Waals surface area contributed by atoms with Gasteiger partial charge in [-0.2, -0.15) is 0 Å². The summed E-state index contributed by atoms with van der Waals surface area (Å²) in [6.07, 6.45) is 0.939. The van der Waals surface area contributed by atoms with Gasteiger partial charge >= 0.3 is 0 Å². The second-order valence-electron chi connectivity index (χ2n) is 5.63. The van der Waals surface area contributed by atoms with Gasteiger partial charge < -0.3 is 10.1 Å². The maximum absolute atomic E-state index is 12.5. The minimum Gasteiger partial charge on any atom is -0.493 e. The van der Waals surface area contributed by atoms with Gasteiger partial charge in [0.15, 0.2) is 0 Å². The number of carbonyl (C=O) groups is 1. The highest BCUT2D eigenvalue weighted by molar-refractivity contribution is 9.10. The number of carbonyl (C=O) groups excluding carboxylic acids is 1. The third-order valence-corrected chi connectivity index (χ3v) is 3.99. The first-order valence-electron chi connectivity index (χ1n) is 7.45. The molecule has 0 unspecified atom stereocenters. The van der Waals surface area contributed by atoms with Crippen LogP contribution in [0.3, 0.4) is 0 Å². The van der Waals surface area contributed by atoms with E-state index in [1.54, 1.807) is 36.4 Å². The Hall–Kier alpha value is -1.52. The van der Waals surface area contributed by atoms with Crippen molar-refractivity contribution < 1.29 is 9.53 Å². The number of anilines is 1. The van der Waals surface area contributed by atoms with Gasteiger partial charge in [-0.25, -0.2) is 0 Å². The first kappa shape index (κ1) is 17.8. The van der Waals surface area contributed by atoms with Gasteiger partial charge in [0.1, 0.15) is 5.75 Å². The monoisotopic (exact) mass is 395 g/mol. The van der Waals surface area contributed by atoms with E-state index in [1.165, 1.54) is 0 Å². The highest BCUT2D eigenvalue weighted by atomic mass is 79.9. The van der Waals surface area contributed by atoms with Gasteiger partial charge in [-0.05, 0) is 54.8 Å². The van der Waals surface area contributed by atoms with Gasteiger partial charge in [0.05, 0.1) is 12.2 Å². The molecular weight excluding hydrogens is 378 g/mol. The SMILES string of the molecule is CC(C)CCOc1ccc(Br)cc1C(=O)Nc1ccc(Cl)cc1. The van der Waals surface area contributed by atoms with Crippen molar-refractivity contribution in [3.8, 4) is 5.75 Å². The lowest BCUT2D eigenvalue weighted by atomic mass is 10.1. The van der Waals surface area contributed by atoms with E-state index in [9.17, 15) is 4.79 Å². The van der Waals surface area contributed by atoms with E-state index < -0.39 is 0 Å². The summed E-state index contributed by atoms with van der Waals surface area (Å²) in [5.41, 5.74) is 1.19. The molecule has 0 fully saturated rings. The smallest absolute Gasteiger partial charge is 0.259 e. The van der Waals surface area contributed by atoms with E-state index in [-0.39, 0.29) is 5.91 Å². The van der Waals surface area contributed by atoms with Crippen molar-refractivity contribution in [2.24, 2.45) is 5.92 Å². The maximum Gasteiger partial charge on any atom is 0.259 e. The van der Waals surface area contributed by atoms with Crippen LogP contribution in [0.4, 0.5) is 5.69 Å². The predicted molar refractivity (Wildman–Crippen MR) is 98.5 cm³/mol. The summed E-state index contributed by atoms with van der Waals surface area (Å²) in [5.74, 6) is 0.922. The normalized spacial score (nSPS) is 10.7. The van der Waals surface area contributed by atoms with E-state index >= 15 is 0 Å². The molecule has 5 heteroatoms. The summed E-state index contributed by atoms with van der Waals surface area (Å²) >= 11 is 9.25. The summed E-state index contributed by atoms with van der Waals surface area (Å²) in [6.45, 7) is 4.86. The molecule has 122 valence electrons. The van der Waals surface area contributed by atoms with Crippen molar-refractivity contribution in [1.82, 2.24) is 0 Å². The zero-order chi connectivity index (χ0) is 16.8. The first-order valence-corrected chi connectivity index (χ1v) is 8.62. The Bertz CT molecular complexity index is 671. The molecule has 2 rings (SSSR count). The molecule has 3 nitrogen and oxygen atoms in total. The molecule has 2 aromatic carbocycles. The average Bonchev–Trinajstić information content (AvgIpc) is 2.50. The van der Waals surface area contributed by atoms with Crippen LogP contribution in [0.25, 0.3) is 0 Å². The summed E-state index contributed by atoms with van der Waals surface area (Å²) < 4.78 is 6.61. The minimum absolute atomic E-state index is 0.215. The largest absolute Gasteiger partial charge is 0.493 e. The summed E-state index contributed by atoms with van der Waals surface area (Å²) in [6, 6.07) is 12.4. The standard InChI is InChI=1S/C18H19BrClNO2/c1-12(2)9-10-23-17-8-3-13(19)11-16(17)18(22)21-15-6-4-14(20)5-7-15/h3-8,11-12H,9-10H2,1-2H3,(H,21,22). The van der Waals surface area contributed by atoms with Crippen LogP contribution < -0.4 is 10.1 Å². The molecule has 0 aliphatic rings. The van der Waals surface area contributed by atoms with Crippen molar-refractivity contribution in [2.45, 2.75) is 20.3 Å². The average molecular weight is 397 g/mol. The van der Waals surface area contributed by atoms with Crippen LogP contribution in [-0.2, 0) is 0 Å². The first-order chi connectivity index (χ1) is 11.0. The zero-order valence-corrected chi connectivity index (χ0v) is 15.4. The number of amides is 1. The number of halogens is 2. The molecule has 0 aliphatic heterocycles. The lowest BCUT2D eigenvalue weighted by Crippen LogP contribution is -2.14. The molecule has 1 N–H and O–H groups in total. The zero-order valence-electron chi connectivity index (χ0n) is 13.1. The molecule has 0 bridgehead atoms. The Labute approximate surface area is 150 Å². The summed E-state index contributed by atoms with van der Waals surface area (Å²) in [5, 5.41) is 3.48. The summed E-state index contributed by atoms with van der Waals surface area (Å²) in [7, 11) is 0. The molecular formula is C18H19BrClNO2. The van der Waals surface area contributed by atoms with Gasteiger partial charge in [0.2, 0.25) is 0 Å². The summed E-state index contributed by atoms with van der Waals surface area (Å²) in [4.78, 5) is 12.5. The van der Waals surface area contributed by atoms with Gasteiger partial charge in [-0.1, -0.05) is 41.4 Å². The molecule has 0 saturated carbocycles. The third-order valence-electron chi connectivity index (χ3n) is 3.24.